The van der Waals surface area contributed by atoms with Gasteiger partial charge in [0.25, 0.3) is 0 Å². The maximum Gasteiger partial charge on any atom is 0.0345 e. The van der Waals surface area contributed by atoms with Gasteiger partial charge in [0.05, 0.1) is 0 Å². The second kappa shape index (κ2) is 6.42. The van der Waals surface area contributed by atoms with E-state index < -0.39 is 0 Å². The van der Waals surface area contributed by atoms with E-state index in [0.717, 1.165) is 0 Å². The molecule has 0 saturated carbocycles. The lowest BCUT2D eigenvalue weighted by atomic mass is 10.1. The summed E-state index contributed by atoms with van der Waals surface area (Å²) < 4.78 is 0. The summed E-state index contributed by atoms with van der Waals surface area (Å²) in [6.45, 7) is 11.4. The average Bonchev–Trinajstić information content (AvgIpc) is 2.59. The van der Waals surface area contributed by atoms with E-state index in [1.807, 2.05) is 0 Å². The van der Waals surface area contributed by atoms with Crippen LogP contribution in [0.3, 0.4) is 0 Å². The van der Waals surface area contributed by atoms with Crippen LogP contribution in [0.5, 0.6) is 0 Å². The normalized spacial score (nSPS) is 21.4. The lowest BCUT2D eigenvalue weighted by Gasteiger charge is -2.24. The summed E-state index contributed by atoms with van der Waals surface area (Å²) in [4.78, 5) is 2.60. The number of rotatable bonds is 3. The highest BCUT2D eigenvalue weighted by atomic mass is 15.1. The molecule has 1 aromatic carbocycles. The lowest BCUT2D eigenvalue weighted by Crippen LogP contribution is -2.32. The Hall–Kier alpha value is -1.02. The SMILES string of the molecule is Cc1ccc(NC2CCCN(C(C)C)CC2)cc1C. The van der Waals surface area contributed by atoms with Crippen molar-refractivity contribution in [2.75, 3.05) is 18.4 Å². The highest BCUT2D eigenvalue weighted by Gasteiger charge is 2.18. The van der Waals surface area contributed by atoms with Crippen molar-refractivity contribution >= 4 is 5.69 Å². The fraction of sp³-hybridized carbons (Fsp3) is 0.647. The Bertz CT molecular complexity index is 412. The first-order valence-electron chi connectivity index (χ1n) is 7.64. The zero-order chi connectivity index (χ0) is 13.8. The lowest BCUT2D eigenvalue weighted by molar-refractivity contribution is 0.230. The highest BCUT2D eigenvalue weighted by molar-refractivity contribution is 5.48. The number of likely N-dealkylation sites (tertiary alicyclic amines) is 1. The first kappa shape index (κ1) is 14.4. The maximum atomic E-state index is 3.72. The molecule has 0 aliphatic carbocycles. The maximum absolute atomic E-state index is 3.72. The molecule has 0 amide bonds. The van der Waals surface area contributed by atoms with Crippen LogP contribution in [0.2, 0.25) is 0 Å². The Morgan fingerprint density at radius 3 is 2.58 bits per heavy atom. The predicted molar refractivity (Wildman–Crippen MR) is 83.9 cm³/mol. The quantitative estimate of drug-likeness (QED) is 0.884. The van der Waals surface area contributed by atoms with Crippen molar-refractivity contribution in [3.05, 3.63) is 29.3 Å². The number of hydrogen-bond acceptors (Lipinski definition) is 2. The summed E-state index contributed by atoms with van der Waals surface area (Å²) in [7, 11) is 0. The van der Waals surface area contributed by atoms with Gasteiger partial charge in [-0.15, -0.1) is 0 Å². The molecule has 1 aliphatic heterocycles. The van der Waals surface area contributed by atoms with Gasteiger partial charge in [0, 0.05) is 24.3 Å². The highest BCUT2D eigenvalue weighted by Crippen LogP contribution is 2.20. The topological polar surface area (TPSA) is 15.3 Å². The summed E-state index contributed by atoms with van der Waals surface area (Å²) in [5, 5.41) is 3.72. The van der Waals surface area contributed by atoms with Gasteiger partial charge in [0.2, 0.25) is 0 Å². The van der Waals surface area contributed by atoms with E-state index >= 15 is 0 Å². The first-order valence-corrected chi connectivity index (χ1v) is 7.64. The third-order valence-corrected chi connectivity index (χ3v) is 4.37. The minimum absolute atomic E-state index is 0.630. The van der Waals surface area contributed by atoms with E-state index in [0.29, 0.717) is 12.1 Å². The van der Waals surface area contributed by atoms with E-state index in [9.17, 15) is 0 Å². The molecule has 1 aromatic rings. The van der Waals surface area contributed by atoms with E-state index in [-0.39, 0.29) is 0 Å². The van der Waals surface area contributed by atoms with E-state index in [4.69, 9.17) is 0 Å². The van der Waals surface area contributed by atoms with Crippen molar-refractivity contribution in [1.29, 1.82) is 0 Å². The number of nitrogens with one attached hydrogen (secondary N) is 1. The molecule has 2 nitrogen and oxygen atoms in total. The molecular weight excluding hydrogens is 232 g/mol. The fourth-order valence-electron chi connectivity index (χ4n) is 2.85. The molecule has 0 aromatic heterocycles. The van der Waals surface area contributed by atoms with Crippen LogP contribution in [0.25, 0.3) is 0 Å². The Kier molecular flexibility index (Phi) is 4.87. The second-order valence-electron chi connectivity index (χ2n) is 6.20. The van der Waals surface area contributed by atoms with Gasteiger partial charge in [-0.25, -0.2) is 0 Å². The van der Waals surface area contributed by atoms with Gasteiger partial charge in [-0.2, -0.15) is 0 Å². The van der Waals surface area contributed by atoms with Crippen LogP contribution in [0, 0.1) is 13.8 Å². The molecule has 1 atom stereocenters. The van der Waals surface area contributed by atoms with Crippen LogP contribution >= 0.6 is 0 Å². The van der Waals surface area contributed by atoms with Gasteiger partial charge < -0.3 is 10.2 Å². The van der Waals surface area contributed by atoms with Crippen LogP contribution < -0.4 is 5.32 Å². The molecule has 19 heavy (non-hydrogen) atoms. The van der Waals surface area contributed by atoms with Gasteiger partial charge in [0.1, 0.15) is 0 Å². The predicted octanol–water partition coefficient (Wildman–Crippen LogP) is 3.98. The average molecular weight is 260 g/mol. The van der Waals surface area contributed by atoms with Crippen molar-refractivity contribution in [2.24, 2.45) is 0 Å². The molecule has 2 heteroatoms. The summed E-state index contributed by atoms with van der Waals surface area (Å²) >= 11 is 0. The number of aryl methyl sites for hydroxylation is 2. The number of anilines is 1. The summed E-state index contributed by atoms with van der Waals surface area (Å²) in [6, 6.07) is 8.02. The first-order chi connectivity index (χ1) is 9.06. The smallest absolute Gasteiger partial charge is 0.0345 e. The Morgan fingerprint density at radius 1 is 1.11 bits per heavy atom. The van der Waals surface area contributed by atoms with E-state index in [1.165, 1.54) is 49.2 Å². The van der Waals surface area contributed by atoms with Crippen LogP contribution in [-0.2, 0) is 0 Å². The van der Waals surface area contributed by atoms with Crippen molar-refractivity contribution in [1.82, 2.24) is 4.90 Å². The monoisotopic (exact) mass is 260 g/mol. The minimum atomic E-state index is 0.630. The third-order valence-electron chi connectivity index (χ3n) is 4.37. The van der Waals surface area contributed by atoms with Crippen molar-refractivity contribution in [3.63, 3.8) is 0 Å². The van der Waals surface area contributed by atoms with Gasteiger partial charge in [0.15, 0.2) is 0 Å². The number of benzene rings is 1. The molecule has 1 N–H and O–H groups in total. The van der Waals surface area contributed by atoms with Gasteiger partial charge >= 0.3 is 0 Å². The van der Waals surface area contributed by atoms with Crippen molar-refractivity contribution < 1.29 is 0 Å². The molecule has 1 aliphatic rings. The molecule has 2 rings (SSSR count). The number of hydrogen-bond donors (Lipinski definition) is 1. The number of nitrogens with zero attached hydrogens (tertiary/aromatic N) is 1. The molecule has 1 saturated heterocycles. The molecule has 0 bridgehead atoms. The molecule has 1 fully saturated rings. The van der Waals surface area contributed by atoms with Gasteiger partial charge in [-0.1, -0.05) is 6.07 Å². The molecule has 1 heterocycles. The van der Waals surface area contributed by atoms with Crippen LogP contribution in [0.4, 0.5) is 5.69 Å². The van der Waals surface area contributed by atoms with Crippen molar-refractivity contribution in [3.8, 4) is 0 Å². The molecule has 0 spiro atoms. The zero-order valence-electron chi connectivity index (χ0n) is 12.9. The zero-order valence-corrected chi connectivity index (χ0v) is 12.9. The van der Waals surface area contributed by atoms with Crippen LogP contribution in [0.15, 0.2) is 18.2 Å². The second-order valence-corrected chi connectivity index (χ2v) is 6.20. The summed E-state index contributed by atoms with van der Waals surface area (Å²) in [6.07, 6.45) is 3.85. The molecule has 1 unspecified atom stereocenters. The minimum Gasteiger partial charge on any atom is -0.382 e. The standard InChI is InChI=1S/C17H28N2/c1-13(2)19-10-5-6-16(9-11-19)18-17-8-7-14(3)15(4)12-17/h7-8,12-13,16,18H,5-6,9-11H2,1-4H3. The Balaban J connectivity index is 1.94. The largest absolute Gasteiger partial charge is 0.382 e. The molecular formula is C17H28N2. The van der Waals surface area contributed by atoms with Gasteiger partial charge in [-0.05, 0) is 76.8 Å². The summed E-state index contributed by atoms with van der Waals surface area (Å²) in [5.41, 5.74) is 4.03. The Morgan fingerprint density at radius 2 is 1.89 bits per heavy atom. The third kappa shape index (κ3) is 3.97. The molecule has 0 radical (unpaired) electrons. The van der Waals surface area contributed by atoms with Crippen LogP contribution in [0.1, 0.15) is 44.2 Å². The van der Waals surface area contributed by atoms with Gasteiger partial charge in [-0.3, -0.25) is 0 Å². The van der Waals surface area contributed by atoms with Crippen LogP contribution in [-0.4, -0.2) is 30.1 Å². The fourth-order valence-corrected chi connectivity index (χ4v) is 2.85. The summed E-state index contributed by atoms with van der Waals surface area (Å²) in [5.74, 6) is 0. The van der Waals surface area contributed by atoms with E-state index in [2.05, 4.69) is 56.1 Å². The molecule has 106 valence electrons. The Labute approximate surface area is 118 Å². The van der Waals surface area contributed by atoms with Crippen molar-refractivity contribution in [2.45, 2.75) is 59.0 Å². The van der Waals surface area contributed by atoms with E-state index in [1.54, 1.807) is 0 Å².